The highest BCUT2D eigenvalue weighted by atomic mass is 32.2. The molecule has 1 atom stereocenters. The van der Waals surface area contributed by atoms with Gasteiger partial charge in [0.1, 0.15) is 5.75 Å². The van der Waals surface area contributed by atoms with Crippen molar-refractivity contribution >= 4 is 10.0 Å². The predicted molar refractivity (Wildman–Crippen MR) is 66.2 cm³/mol. The second kappa shape index (κ2) is 5.71. The molecule has 4 nitrogen and oxygen atoms in total. The Hall–Kier alpha value is -1.51. The monoisotopic (exact) mass is 253 g/mol. The summed E-state index contributed by atoms with van der Waals surface area (Å²) in [4.78, 5) is 0.173. The maximum absolute atomic E-state index is 11.9. The van der Waals surface area contributed by atoms with Crippen molar-refractivity contribution in [2.45, 2.75) is 24.3 Å². The number of terminal acetylenes is 1. The van der Waals surface area contributed by atoms with Gasteiger partial charge in [-0.05, 0) is 30.7 Å². The third kappa shape index (κ3) is 3.48. The summed E-state index contributed by atoms with van der Waals surface area (Å²) in [5.41, 5.74) is 0. The van der Waals surface area contributed by atoms with Crippen LogP contribution in [0.25, 0.3) is 0 Å². The molecule has 1 N–H and O–H groups in total. The zero-order chi connectivity index (χ0) is 12.9. The van der Waals surface area contributed by atoms with Crippen LogP contribution < -0.4 is 9.46 Å². The van der Waals surface area contributed by atoms with E-state index in [1.807, 2.05) is 6.92 Å². The molecule has 0 aliphatic carbocycles. The van der Waals surface area contributed by atoms with E-state index in [9.17, 15) is 8.42 Å². The van der Waals surface area contributed by atoms with Crippen molar-refractivity contribution in [1.82, 2.24) is 4.72 Å². The molecule has 92 valence electrons. The topological polar surface area (TPSA) is 55.4 Å². The zero-order valence-electron chi connectivity index (χ0n) is 9.80. The Morgan fingerprint density at radius 2 is 2.00 bits per heavy atom. The van der Waals surface area contributed by atoms with Crippen LogP contribution in [-0.2, 0) is 10.0 Å². The number of sulfonamides is 1. The lowest BCUT2D eigenvalue weighted by atomic mass is 10.3. The minimum atomic E-state index is -3.56. The molecular weight excluding hydrogens is 238 g/mol. The average molecular weight is 253 g/mol. The van der Waals surface area contributed by atoms with Gasteiger partial charge in [0.05, 0.1) is 18.0 Å². The van der Waals surface area contributed by atoms with Gasteiger partial charge in [0.2, 0.25) is 10.0 Å². The Labute approximate surface area is 102 Å². The second-order valence-electron chi connectivity index (χ2n) is 3.42. The lowest BCUT2D eigenvalue weighted by molar-refractivity contribution is 0.414. The smallest absolute Gasteiger partial charge is 0.241 e. The molecular formula is C12H15NO3S. The summed E-state index contributed by atoms with van der Waals surface area (Å²) in [6.45, 7) is 1.82. The summed E-state index contributed by atoms with van der Waals surface area (Å²) in [5, 5.41) is 0. The van der Waals surface area contributed by atoms with Crippen LogP contribution >= 0.6 is 0 Å². The fraction of sp³-hybridized carbons (Fsp3) is 0.333. The van der Waals surface area contributed by atoms with Crippen molar-refractivity contribution < 1.29 is 13.2 Å². The van der Waals surface area contributed by atoms with Crippen molar-refractivity contribution in [3.63, 3.8) is 0 Å². The molecule has 0 saturated heterocycles. The molecule has 1 aromatic rings. The minimum Gasteiger partial charge on any atom is -0.497 e. The number of benzene rings is 1. The second-order valence-corrected chi connectivity index (χ2v) is 5.14. The van der Waals surface area contributed by atoms with Crippen molar-refractivity contribution in [3.05, 3.63) is 24.3 Å². The molecule has 0 fully saturated rings. The Bertz CT molecular complexity index is 500. The summed E-state index contributed by atoms with van der Waals surface area (Å²) in [6.07, 6.45) is 5.76. The van der Waals surface area contributed by atoms with E-state index in [4.69, 9.17) is 11.2 Å². The van der Waals surface area contributed by atoms with Crippen LogP contribution in [0.1, 0.15) is 13.3 Å². The van der Waals surface area contributed by atoms with Crippen LogP contribution in [0.5, 0.6) is 5.75 Å². The van der Waals surface area contributed by atoms with Crippen molar-refractivity contribution in [2.75, 3.05) is 7.11 Å². The quantitative estimate of drug-likeness (QED) is 0.807. The van der Waals surface area contributed by atoms with Crippen LogP contribution in [0.15, 0.2) is 29.2 Å². The third-order valence-electron chi connectivity index (χ3n) is 2.28. The number of rotatable bonds is 5. The summed E-state index contributed by atoms with van der Waals surface area (Å²) in [6, 6.07) is 5.65. The van der Waals surface area contributed by atoms with Gasteiger partial charge in [0.15, 0.2) is 0 Å². The third-order valence-corrected chi connectivity index (χ3v) is 3.76. The van der Waals surface area contributed by atoms with Crippen LogP contribution in [0.4, 0.5) is 0 Å². The van der Waals surface area contributed by atoms with Crippen molar-refractivity contribution in [1.29, 1.82) is 0 Å². The lowest BCUT2D eigenvalue weighted by Gasteiger charge is -2.11. The molecule has 0 aliphatic heterocycles. The SMILES string of the molecule is C#CC(CC)NS(=O)(=O)c1ccc(OC)cc1. The average Bonchev–Trinajstić information content (AvgIpc) is 2.36. The molecule has 0 heterocycles. The van der Waals surface area contributed by atoms with Crippen molar-refractivity contribution in [2.24, 2.45) is 0 Å². The number of methoxy groups -OCH3 is 1. The Morgan fingerprint density at radius 3 is 2.41 bits per heavy atom. The van der Waals surface area contributed by atoms with Crippen LogP contribution in [0.2, 0.25) is 0 Å². The van der Waals surface area contributed by atoms with E-state index in [2.05, 4.69) is 10.6 Å². The largest absolute Gasteiger partial charge is 0.497 e. The minimum absolute atomic E-state index is 0.173. The first-order valence-electron chi connectivity index (χ1n) is 5.16. The molecule has 0 radical (unpaired) electrons. The molecule has 5 heteroatoms. The Kier molecular flexibility index (Phi) is 4.55. The van der Waals surface area contributed by atoms with E-state index in [-0.39, 0.29) is 4.90 Å². The van der Waals surface area contributed by atoms with E-state index < -0.39 is 16.1 Å². The van der Waals surface area contributed by atoms with Gasteiger partial charge in [-0.2, -0.15) is 4.72 Å². The maximum atomic E-state index is 11.9. The van der Waals surface area contributed by atoms with E-state index in [1.54, 1.807) is 12.1 Å². The summed E-state index contributed by atoms with van der Waals surface area (Å²) in [7, 11) is -2.04. The van der Waals surface area contributed by atoms with Crippen LogP contribution in [0.3, 0.4) is 0 Å². The predicted octanol–water partition coefficient (Wildman–Crippen LogP) is 1.39. The fourth-order valence-electron chi connectivity index (χ4n) is 1.25. The van der Waals surface area contributed by atoms with Gasteiger partial charge in [-0.15, -0.1) is 6.42 Å². The van der Waals surface area contributed by atoms with Gasteiger partial charge in [-0.25, -0.2) is 8.42 Å². The van der Waals surface area contributed by atoms with Gasteiger partial charge in [0.25, 0.3) is 0 Å². The van der Waals surface area contributed by atoms with Gasteiger partial charge in [0, 0.05) is 0 Å². The normalized spacial score (nSPS) is 12.8. The number of hydrogen-bond acceptors (Lipinski definition) is 3. The summed E-state index contributed by atoms with van der Waals surface area (Å²) < 4.78 is 31.2. The molecule has 0 saturated carbocycles. The molecule has 1 aromatic carbocycles. The first-order chi connectivity index (χ1) is 8.03. The lowest BCUT2D eigenvalue weighted by Crippen LogP contribution is -2.33. The number of nitrogens with one attached hydrogen (secondary N) is 1. The maximum Gasteiger partial charge on any atom is 0.241 e. The van der Waals surface area contributed by atoms with E-state index >= 15 is 0 Å². The molecule has 1 rings (SSSR count). The van der Waals surface area contributed by atoms with Gasteiger partial charge < -0.3 is 4.74 Å². The molecule has 0 bridgehead atoms. The van der Waals surface area contributed by atoms with E-state index in [0.29, 0.717) is 12.2 Å². The van der Waals surface area contributed by atoms with E-state index in [1.165, 1.54) is 19.2 Å². The highest BCUT2D eigenvalue weighted by Crippen LogP contribution is 2.15. The van der Waals surface area contributed by atoms with Crippen LogP contribution in [0, 0.1) is 12.3 Å². The Morgan fingerprint density at radius 1 is 1.41 bits per heavy atom. The van der Waals surface area contributed by atoms with Gasteiger partial charge in [-0.3, -0.25) is 0 Å². The number of hydrogen-bond donors (Lipinski definition) is 1. The van der Waals surface area contributed by atoms with Gasteiger partial charge >= 0.3 is 0 Å². The zero-order valence-corrected chi connectivity index (χ0v) is 10.6. The van der Waals surface area contributed by atoms with E-state index in [0.717, 1.165) is 0 Å². The first kappa shape index (κ1) is 13.6. The van der Waals surface area contributed by atoms with Gasteiger partial charge in [-0.1, -0.05) is 12.8 Å². The Balaban J connectivity index is 2.93. The molecule has 0 amide bonds. The molecule has 17 heavy (non-hydrogen) atoms. The fourth-order valence-corrected chi connectivity index (χ4v) is 2.49. The first-order valence-corrected chi connectivity index (χ1v) is 6.64. The highest BCUT2D eigenvalue weighted by molar-refractivity contribution is 7.89. The molecule has 0 aromatic heterocycles. The number of ether oxygens (including phenoxy) is 1. The summed E-state index contributed by atoms with van der Waals surface area (Å²) in [5.74, 6) is 2.99. The van der Waals surface area contributed by atoms with Crippen molar-refractivity contribution in [3.8, 4) is 18.1 Å². The molecule has 0 spiro atoms. The standard InChI is InChI=1S/C12H15NO3S/c1-4-10(5-2)13-17(14,15)12-8-6-11(16-3)7-9-12/h1,6-10,13H,5H2,2-3H3. The highest BCUT2D eigenvalue weighted by Gasteiger charge is 2.17. The summed E-state index contributed by atoms with van der Waals surface area (Å²) >= 11 is 0. The molecule has 1 unspecified atom stereocenters. The van der Waals surface area contributed by atoms with Crippen LogP contribution in [-0.4, -0.2) is 21.6 Å². The molecule has 0 aliphatic rings.